The van der Waals surface area contributed by atoms with E-state index in [1.165, 1.54) is 24.3 Å². The number of aliphatic hydroxyl groups excluding tert-OH is 1. The second-order valence-corrected chi connectivity index (χ2v) is 8.47. The summed E-state index contributed by atoms with van der Waals surface area (Å²) in [6.07, 6.45) is -12.4. The number of aliphatic hydroxyl groups is 1. The molecule has 0 heterocycles. The van der Waals surface area contributed by atoms with E-state index < -0.39 is 42.8 Å². The van der Waals surface area contributed by atoms with Crippen LogP contribution in [0.2, 0.25) is 0 Å². The third-order valence-corrected chi connectivity index (χ3v) is 5.64. The van der Waals surface area contributed by atoms with Gasteiger partial charge < -0.3 is 20.3 Å². The van der Waals surface area contributed by atoms with Crippen LogP contribution in [0.3, 0.4) is 0 Å². The Labute approximate surface area is 204 Å². The van der Waals surface area contributed by atoms with Gasteiger partial charge in [0, 0.05) is 18.5 Å². The van der Waals surface area contributed by atoms with Crippen molar-refractivity contribution < 1.29 is 41.3 Å². The lowest BCUT2D eigenvalue weighted by Crippen LogP contribution is -2.44. The average Bonchev–Trinajstić information content (AvgIpc) is 2.77. The first-order valence-electron chi connectivity index (χ1n) is 11.0. The predicted molar refractivity (Wildman–Crippen MR) is 122 cm³/mol. The maximum atomic E-state index is 12.9. The van der Waals surface area contributed by atoms with Gasteiger partial charge in [0.25, 0.3) is 0 Å². The summed E-state index contributed by atoms with van der Waals surface area (Å²) in [5.41, 5.74) is 0.522. The molecule has 0 radical (unpaired) electrons. The van der Waals surface area contributed by atoms with Crippen LogP contribution in [0.4, 0.5) is 26.3 Å². The normalized spacial score (nSPS) is 14.8. The van der Waals surface area contributed by atoms with E-state index >= 15 is 0 Å². The Kier molecular flexibility index (Phi) is 8.52. The minimum absolute atomic E-state index is 0.0598. The Hall–Kier alpha value is -3.24. The molecular formula is C26H25F6NO3. The topological polar surface area (TPSA) is 61.7 Å². The van der Waals surface area contributed by atoms with Gasteiger partial charge in [-0.1, -0.05) is 54.6 Å². The molecule has 0 saturated heterocycles. The van der Waals surface area contributed by atoms with E-state index in [0.717, 1.165) is 11.6 Å². The van der Waals surface area contributed by atoms with E-state index in [-0.39, 0.29) is 18.7 Å². The second kappa shape index (κ2) is 11.2. The number of hydrogen-bond donors (Lipinski definition) is 3. The molecule has 3 aromatic carbocycles. The smallest absolute Gasteiger partial charge is 0.508 e. The molecule has 0 spiro atoms. The summed E-state index contributed by atoms with van der Waals surface area (Å²) in [6, 6.07) is 20.4. The number of alkyl halides is 6. The maximum absolute atomic E-state index is 12.9. The third kappa shape index (κ3) is 7.89. The van der Waals surface area contributed by atoms with E-state index in [2.05, 4.69) is 10.1 Å². The van der Waals surface area contributed by atoms with Crippen LogP contribution >= 0.6 is 0 Å². The van der Waals surface area contributed by atoms with E-state index in [4.69, 9.17) is 0 Å². The van der Waals surface area contributed by atoms with Crippen LogP contribution in [0.25, 0.3) is 0 Å². The number of phenolic OH excluding ortho intramolecular Hbond substituents is 1. The molecule has 194 valence electrons. The van der Waals surface area contributed by atoms with Crippen LogP contribution in [-0.2, 0) is 11.8 Å². The monoisotopic (exact) mass is 513 g/mol. The number of halogens is 6. The molecule has 3 aromatic rings. The number of hydrogen-bond acceptors (Lipinski definition) is 4. The molecule has 36 heavy (non-hydrogen) atoms. The lowest BCUT2D eigenvalue weighted by molar-refractivity contribution is -0.274. The number of aromatic hydroxyl groups is 1. The van der Waals surface area contributed by atoms with Crippen molar-refractivity contribution in [3.05, 3.63) is 95.6 Å². The Morgan fingerprint density at radius 2 is 1.44 bits per heavy atom. The molecule has 10 heteroatoms. The highest BCUT2D eigenvalue weighted by Gasteiger charge is 2.37. The van der Waals surface area contributed by atoms with Gasteiger partial charge in [-0.05, 0) is 47.4 Å². The van der Waals surface area contributed by atoms with E-state index in [9.17, 15) is 36.6 Å². The lowest BCUT2D eigenvalue weighted by Gasteiger charge is -2.36. The van der Waals surface area contributed by atoms with E-state index in [0.29, 0.717) is 11.1 Å². The number of benzene rings is 3. The summed E-state index contributed by atoms with van der Waals surface area (Å²) in [6.45, 7) is -0.469. The van der Waals surface area contributed by atoms with Crippen LogP contribution < -0.4 is 10.1 Å². The number of nitrogens with one attached hydrogen (secondary N) is 1. The fraction of sp³-hybridized carbons (Fsp3) is 0.308. The maximum Gasteiger partial charge on any atom is 0.573 e. The van der Waals surface area contributed by atoms with Crippen molar-refractivity contribution in [1.29, 1.82) is 0 Å². The van der Waals surface area contributed by atoms with Gasteiger partial charge in [-0.2, -0.15) is 13.2 Å². The summed E-state index contributed by atoms with van der Waals surface area (Å²) in [5.74, 6) is -0.556. The molecule has 0 aromatic heterocycles. The molecule has 0 aliphatic heterocycles. The average molecular weight is 513 g/mol. The van der Waals surface area contributed by atoms with Crippen molar-refractivity contribution >= 4 is 0 Å². The van der Waals surface area contributed by atoms with Crippen molar-refractivity contribution in [1.82, 2.24) is 5.32 Å². The van der Waals surface area contributed by atoms with Crippen molar-refractivity contribution in [2.24, 2.45) is 0 Å². The van der Waals surface area contributed by atoms with Gasteiger partial charge in [-0.3, -0.25) is 0 Å². The fourth-order valence-electron chi connectivity index (χ4n) is 4.17. The first kappa shape index (κ1) is 27.3. The van der Waals surface area contributed by atoms with Gasteiger partial charge in [0.2, 0.25) is 0 Å². The molecule has 0 aliphatic carbocycles. The quantitative estimate of drug-likeness (QED) is 0.304. The summed E-state index contributed by atoms with van der Waals surface area (Å²) >= 11 is 0. The number of ether oxygens (including phenoxy) is 1. The third-order valence-electron chi connectivity index (χ3n) is 5.64. The van der Waals surface area contributed by atoms with Gasteiger partial charge in [0.15, 0.2) is 0 Å². The SMILES string of the molecule is Oc1cccc(C(CNC[C@H](O)CC(F)(F)F)(Cc2ccccc2)c2cccc(OC(F)(F)F)c2)c1. The molecule has 4 nitrogen and oxygen atoms in total. The lowest BCUT2D eigenvalue weighted by atomic mass is 9.70. The Morgan fingerprint density at radius 1 is 0.806 bits per heavy atom. The van der Waals surface area contributed by atoms with Crippen LogP contribution in [0.5, 0.6) is 11.5 Å². The highest BCUT2D eigenvalue weighted by atomic mass is 19.4. The minimum atomic E-state index is -4.92. The van der Waals surface area contributed by atoms with Gasteiger partial charge >= 0.3 is 12.5 Å². The Balaban J connectivity index is 2.08. The fourth-order valence-corrected chi connectivity index (χ4v) is 4.17. The van der Waals surface area contributed by atoms with Crippen LogP contribution in [0.15, 0.2) is 78.9 Å². The Bertz CT molecular complexity index is 1120. The van der Waals surface area contributed by atoms with Crippen molar-refractivity contribution in [3.8, 4) is 11.5 Å². The van der Waals surface area contributed by atoms with Gasteiger partial charge in [0.1, 0.15) is 11.5 Å². The van der Waals surface area contributed by atoms with E-state index in [1.807, 2.05) is 12.1 Å². The van der Waals surface area contributed by atoms with Crippen molar-refractivity contribution in [2.75, 3.05) is 13.1 Å². The second-order valence-electron chi connectivity index (χ2n) is 8.47. The summed E-state index contributed by atoms with van der Waals surface area (Å²) in [7, 11) is 0. The molecule has 0 fully saturated rings. The van der Waals surface area contributed by atoms with Gasteiger partial charge in [0.05, 0.1) is 12.5 Å². The highest BCUT2D eigenvalue weighted by Crippen LogP contribution is 2.39. The molecule has 2 atom stereocenters. The molecule has 1 unspecified atom stereocenters. The standard InChI is InChI=1S/C26H25F6NO3/c27-25(28,29)15-22(35)16-33-17-24(14-18-6-2-1-3-7-18,19-8-4-10-21(34)12-19)20-9-5-11-23(13-20)36-26(30,31)32/h1-13,22,33-35H,14-17H2/t22-,24?/m1/s1. The zero-order valence-corrected chi connectivity index (χ0v) is 19.0. The van der Waals surface area contributed by atoms with Crippen molar-refractivity contribution in [3.63, 3.8) is 0 Å². The predicted octanol–water partition coefficient (Wildman–Crippen LogP) is 5.72. The largest absolute Gasteiger partial charge is 0.573 e. The molecule has 0 aliphatic rings. The number of rotatable bonds is 10. The Morgan fingerprint density at radius 3 is 2.06 bits per heavy atom. The van der Waals surface area contributed by atoms with Gasteiger partial charge in [-0.25, -0.2) is 0 Å². The van der Waals surface area contributed by atoms with Crippen LogP contribution in [0, 0.1) is 0 Å². The van der Waals surface area contributed by atoms with E-state index in [1.54, 1.807) is 36.4 Å². The van der Waals surface area contributed by atoms with Crippen molar-refractivity contribution in [2.45, 2.75) is 36.9 Å². The molecule has 0 amide bonds. The zero-order valence-electron chi connectivity index (χ0n) is 19.0. The van der Waals surface area contributed by atoms with Gasteiger partial charge in [-0.15, -0.1) is 13.2 Å². The molecule has 3 N–H and O–H groups in total. The summed E-state index contributed by atoms with van der Waals surface area (Å²) in [4.78, 5) is 0. The van der Waals surface area contributed by atoms with Crippen LogP contribution in [-0.4, -0.2) is 41.9 Å². The summed E-state index contributed by atoms with van der Waals surface area (Å²) < 4.78 is 81.0. The highest BCUT2D eigenvalue weighted by molar-refractivity contribution is 5.47. The molecule has 3 rings (SSSR count). The zero-order chi connectivity index (χ0) is 26.4. The minimum Gasteiger partial charge on any atom is -0.508 e. The first-order valence-corrected chi connectivity index (χ1v) is 11.0. The molecular weight excluding hydrogens is 488 g/mol. The van der Waals surface area contributed by atoms with Crippen LogP contribution in [0.1, 0.15) is 23.1 Å². The summed E-state index contributed by atoms with van der Waals surface area (Å²) in [5, 5.41) is 22.9. The molecule has 0 saturated carbocycles. The number of phenols is 1. The first-order chi connectivity index (χ1) is 16.9. The molecule has 0 bridgehead atoms.